The number of hydrogen-bond acceptors (Lipinski definition) is 2. The van der Waals surface area contributed by atoms with Gasteiger partial charge in [0.25, 0.3) is 5.91 Å². The third-order valence-corrected chi connectivity index (χ3v) is 2.95. The highest BCUT2D eigenvalue weighted by molar-refractivity contribution is 6.03. The average Bonchev–Trinajstić information content (AvgIpc) is 2.38. The number of amides is 1. The lowest BCUT2D eigenvalue weighted by molar-refractivity contribution is 0.102. The van der Waals surface area contributed by atoms with E-state index in [1.165, 1.54) is 6.07 Å². The molecule has 0 bridgehead atoms. The van der Waals surface area contributed by atoms with Crippen LogP contribution in [0, 0.1) is 5.82 Å². The molecule has 1 aromatic heterocycles. The second kappa shape index (κ2) is 5.41. The van der Waals surface area contributed by atoms with Crippen LogP contribution in [0.5, 0.6) is 0 Å². The molecule has 2 rings (SSSR count). The molecule has 0 fully saturated rings. The summed E-state index contributed by atoms with van der Waals surface area (Å²) in [6, 6.07) is 9.75. The second-order valence-electron chi connectivity index (χ2n) is 5.61. The molecule has 3 nitrogen and oxygen atoms in total. The minimum Gasteiger partial charge on any atom is -0.307 e. The summed E-state index contributed by atoms with van der Waals surface area (Å²) >= 11 is 0. The predicted octanol–water partition coefficient (Wildman–Crippen LogP) is 3.77. The summed E-state index contributed by atoms with van der Waals surface area (Å²) < 4.78 is 14.0. The van der Waals surface area contributed by atoms with Crippen molar-refractivity contribution < 1.29 is 9.18 Å². The van der Waals surface area contributed by atoms with Gasteiger partial charge in [-0.2, -0.15) is 0 Å². The Morgan fingerprint density at radius 1 is 1.20 bits per heavy atom. The Labute approximate surface area is 117 Å². The Morgan fingerprint density at radius 3 is 2.50 bits per heavy atom. The van der Waals surface area contributed by atoms with E-state index in [-0.39, 0.29) is 22.7 Å². The molecule has 1 aromatic carbocycles. The zero-order valence-corrected chi connectivity index (χ0v) is 11.8. The summed E-state index contributed by atoms with van der Waals surface area (Å²) in [5, 5.41) is 2.63. The number of benzene rings is 1. The van der Waals surface area contributed by atoms with Crippen molar-refractivity contribution in [2.24, 2.45) is 0 Å². The molecule has 0 saturated heterocycles. The molecule has 2 aromatic rings. The number of nitrogens with zero attached hydrogens (tertiary/aromatic N) is 1. The highest BCUT2D eigenvalue weighted by Crippen LogP contribution is 2.25. The van der Waals surface area contributed by atoms with E-state index >= 15 is 0 Å². The van der Waals surface area contributed by atoms with E-state index in [4.69, 9.17) is 0 Å². The lowest BCUT2D eigenvalue weighted by Crippen LogP contribution is -2.17. The topological polar surface area (TPSA) is 42.0 Å². The van der Waals surface area contributed by atoms with E-state index < -0.39 is 0 Å². The first-order valence-corrected chi connectivity index (χ1v) is 6.40. The molecule has 4 heteroatoms. The maximum Gasteiger partial charge on any atom is 0.256 e. The molecule has 0 atom stereocenters. The van der Waals surface area contributed by atoms with E-state index in [2.05, 4.69) is 10.3 Å². The van der Waals surface area contributed by atoms with Crippen molar-refractivity contribution >= 4 is 11.7 Å². The second-order valence-corrected chi connectivity index (χ2v) is 5.61. The summed E-state index contributed by atoms with van der Waals surface area (Å²) in [7, 11) is 0. The largest absolute Gasteiger partial charge is 0.307 e. The van der Waals surface area contributed by atoms with Crippen LogP contribution in [0.25, 0.3) is 0 Å². The van der Waals surface area contributed by atoms with E-state index in [1.54, 1.807) is 36.5 Å². The fourth-order valence-electron chi connectivity index (χ4n) is 1.89. The normalized spacial score (nSPS) is 11.2. The highest BCUT2D eigenvalue weighted by atomic mass is 19.1. The van der Waals surface area contributed by atoms with Crippen LogP contribution in [0.3, 0.4) is 0 Å². The molecular weight excluding hydrogens is 255 g/mol. The van der Waals surface area contributed by atoms with Crippen LogP contribution in [0.2, 0.25) is 0 Å². The van der Waals surface area contributed by atoms with Crippen molar-refractivity contribution in [1.29, 1.82) is 0 Å². The molecule has 0 aliphatic rings. The van der Waals surface area contributed by atoms with Crippen LogP contribution in [0.1, 0.15) is 36.7 Å². The van der Waals surface area contributed by atoms with Gasteiger partial charge in [0.2, 0.25) is 0 Å². The number of halogens is 1. The van der Waals surface area contributed by atoms with Crippen LogP contribution >= 0.6 is 0 Å². The van der Waals surface area contributed by atoms with E-state index in [0.29, 0.717) is 11.4 Å². The molecule has 104 valence electrons. The average molecular weight is 272 g/mol. The van der Waals surface area contributed by atoms with E-state index in [1.807, 2.05) is 20.8 Å². The van der Waals surface area contributed by atoms with Gasteiger partial charge in [0, 0.05) is 11.8 Å². The third-order valence-electron chi connectivity index (χ3n) is 2.95. The quantitative estimate of drug-likeness (QED) is 0.904. The van der Waals surface area contributed by atoms with Gasteiger partial charge >= 0.3 is 0 Å². The fourth-order valence-corrected chi connectivity index (χ4v) is 1.89. The maximum absolute atomic E-state index is 14.0. The molecule has 1 N–H and O–H groups in total. The Morgan fingerprint density at radius 2 is 1.95 bits per heavy atom. The van der Waals surface area contributed by atoms with E-state index in [9.17, 15) is 9.18 Å². The van der Waals surface area contributed by atoms with E-state index in [0.717, 1.165) is 0 Å². The van der Waals surface area contributed by atoms with Crippen LogP contribution in [0.15, 0.2) is 42.6 Å². The first kappa shape index (κ1) is 14.2. The first-order valence-electron chi connectivity index (χ1n) is 6.40. The summed E-state index contributed by atoms with van der Waals surface area (Å²) in [6.45, 7) is 5.79. The van der Waals surface area contributed by atoms with Gasteiger partial charge in [-0.3, -0.25) is 4.79 Å². The van der Waals surface area contributed by atoms with Crippen molar-refractivity contribution in [1.82, 2.24) is 4.98 Å². The summed E-state index contributed by atoms with van der Waals surface area (Å²) in [6.07, 6.45) is 1.58. The van der Waals surface area contributed by atoms with Crippen molar-refractivity contribution in [3.8, 4) is 0 Å². The fraction of sp³-hybridized carbons (Fsp3) is 0.250. The van der Waals surface area contributed by atoms with Crippen molar-refractivity contribution in [3.63, 3.8) is 0 Å². The Bertz CT molecular complexity index is 618. The molecule has 0 aliphatic heterocycles. The molecule has 0 radical (unpaired) electrons. The summed E-state index contributed by atoms with van der Waals surface area (Å²) in [5.74, 6) is -0.299. The number of nitrogens with one attached hydrogen (secondary N) is 1. The number of rotatable bonds is 2. The molecule has 0 unspecified atom stereocenters. The van der Waals surface area contributed by atoms with Crippen LogP contribution in [0.4, 0.5) is 10.2 Å². The molecule has 1 amide bonds. The molecule has 0 saturated carbocycles. The number of carbonyl (C=O) groups is 1. The number of aromatic nitrogens is 1. The highest BCUT2D eigenvalue weighted by Gasteiger charge is 2.19. The van der Waals surface area contributed by atoms with Gasteiger partial charge in [-0.1, -0.05) is 32.9 Å². The Hall–Kier alpha value is -2.23. The number of anilines is 1. The molecule has 20 heavy (non-hydrogen) atoms. The number of carbonyl (C=O) groups excluding carboxylic acids is 1. The third kappa shape index (κ3) is 3.20. The lowest BCUT2D eigenvalue weighted by Gasteiger charge is -2.20. The zero-order chi connectivity index (χ0) is 14.8. The minimum atomic E-state index is -0.372. The van der Waals surface area contributed by atoms with Gasteiger partial charge in [0.15, 0.2) is 0 Å². The Kier molecular flexibility index (Phi) is 3.84. The first-order chi connectivity index (χ1) is 9.38. The number of pyridine rings is 1. The molecule has 0 aliphatic carbocycles. The van der Waals surface area contributed by atoms with Gasteiger partial charge in [0.1, 0.15) is 11.6 Å². The summed E-state index contributed by atoms with van der Waals surface area (Å²) in [4.78, 5) is 16.0. The SMILES string of the molecule is CC(C)(C)c1ccc(C(=O)Nc2ccccn2)cc1F. The van der Waals surface area contributed by atoms with Crippen LogP contribution < -0.4 is 5.32 Å². The minimum absolute atomic E-state index is 0.279. The van der Waals surface area contributed by atoms with Crippen LogP contribution in [-0.2, 0) is 5.41 Å². The Balaban J connectivity index is 2.22. The van der Waals surface area contributed by atoms with Gasteiger partial charge in [-0.25, -0.2) is 9.37 Å². The van der Waals surface area contributed by atoms with Gasteiger partial charge in [-0.15, -0.1) is 0 Å². The zero-order valence-electron chi connectivity index (χ0n) is 11.8. The lowest BCUT2D eigenvalue weighted by atomic mass is 9.86. The van der Waals surface area contributed by atoms with Gasteiger partial charge in [0.05, 0.1) is 0 Å². The standard InChI is InChI=1S/C16H17FN2O/c1-16(2,3)12-8-7-11(10-13(12)17)15(20)19-14-6-4-5-9-18-14/h4-10H,1-3H3,(H,18,19,20). The van der Waals surface area contributed by atoms with Gasteiger partial charge < -0.3 is 5.32 Å². The maximum atomic E-state index is 14.0. The molecule has 0 spiro atoms. The number of hydrogen-bond donors (Lipinski definition) is 1. The smallest absolute Gasteiger partial charge is 0.256 e. The molecule has 1 heterocycles. The van der Waals surface area contributed by atoms with Crippen LogP contribution in [-0.4, -0.2) is 10.9 Å². The monoisotopic (exact) mass is 272 g/mol. The molecular formula is C16H17FN2O. The van der Waals surface area contributed by atoms with Crippen molar-refractivity contribution in [3.05, 3.63) is 59.5 Å². The van der Waals surface area contributed by atoms with Gasteiger partial charge in [-0.05, 0) is 35.2 Å². The van der Waals surface area contributed by atoms with Crippen molar-refractivity contribution in [2.45, 2.75) is 26.2 Å². The predicted molar refractivity (Wildman–Crippen MR) is 77.3 cm³/mol. The van der Waals surface area contributed by atoms with Crippen molar-refractivity contribution in [2.75, 3.05) is 5.32 Å². The summed E-state index contributed by atoms with van der Waals surface area (Å²) in [5.41, 5.74) is 0.577.